The molecule has 1 amide bonds. The lowest BCUT2D eigenvalue weighted by Crippen LogP contribution is -2.50. The summed E-state index contributed by atoms with van der Waals surface area (Å²) in [5.41, 5.74) is 1.27. The maximum Gasteiger partial charge on any atom is 0.239 e. The fraction of sp³-hybridized carbons (Fsp3) is 0.800. The molecule has 0 N–H and O–H groups in total. The number of likely N-dealkylation sites (tertiary alicyclic amines) is 1. The van der Waals surface area contributed by atoms with Crippen LogP contribution in [0.3, 0.4) is 0 Å². The van der Waals surface area contributed by atoms with Crippen molar-refractivity contribution >= 4 is 5.91 Å². The first-order chi connectivity index (χ1) is 12.3. The van der Waals surface area contributed by atoms with Gasteiger partial charge < -0.3 is 4.90 Å². The number of carbonyl (C=O) groups excluding carboxylic acids is 1. The second-order valence-electron chi connectivity index (χ2n) is 8.29. The van der Waals surface area contributed by atoms with Gasteiger partial charge in [0.05, 0.1) is 12.2 Å². The van der Waals surface area contributed by atoms with Crippen molar-refractivity contribution in [3.8, 4) is 0 Å². The fourth-order valence-electron chi connectivity index (χ4n) is 4.54. The standard InChI is InChI=1S/C20H37N5O/c1-8-25-11-9-10-16(19(25)17-12-21-24(7)14-17)13-23(6)20(26)18(15(2)3)22(4)5/h12,14-16,18-19H,8-11,13H2,1-7H3/t16-,18-,19+/m0/s1. The number of likely N-dealkylation sites (N-methyl/N-ethyl adjacent to an activating group) is 2. The van der Waals surface area contributed by atoms with Crippen LogP contribution in [0, 0.1) is 11.8 Å². The molecule has 1 aromatic heterocycles. The van der Waals surface area contributed by atoms with Gasteiger partial charge >= 0.3 is 0 Å². The predicted octanol–water partition coefficient (Wildman–Crippen LogP) is 2.24. The molecule has 2 heterocycles. The average Bonchev–Trinajstić information content (AvgIpc) is 2.99. The molecule has 6 heteroatoms. The first-order valence-corrected chi connectivity index (χ1v) is 9.90. The second-order valence-corrected chi connectivity index (χ2v) is 8.29. The van der Waals surface area contributed by atoms with Gasteiger partial charge in [0.1, 0.15) is 0 Å². The van der Waals surface area contributed by atoms with Gasteiger partial charge in [0.25, 0.3) is 0 Å². The van der Waals surface area contributed by atoms with Crippen LogP contribution in [-0.2, 0) is 11.8 Å². The molecule has 1 saturated heterocycles. The molecule has 0 spiro atoms. The van der Waals surface area contributed by atoms with E-state index >= 15 is 0 Å². The summed E-state index contributed by atoms with van der Waals surface area (Å²) in [6.07, 6.45) is 6.47. The van der Waals surface area contributed by atoms with Crippen molar-refractivity contribution in [2.75, 3.05) is 40.8 Å². The van der Waals surface area contributed by atoms with E-state index in [0.29, 0.717) is 17.9 Å². The number of rotatable bonds is 7. The van der Waals surface area contributed by atoms with Gasteiger partial charge in [-0.15, -0.1) is 0 Å². The molecule has 0 aromatic carbocycles. The van der Waals surface area contributed by atoms with E-state index in [1.165, 1.54) is 12.0 Å². The van der Waals surface area contributed by atoms with Crippen molar-refractivity contribution in [1.29, 1.82) is 0 Å². The largest absolute Gasteiger partial charge is 0.344 e. The van der Waals surface area contributed by atoms with Crippen LogP contribution in [0.25, 0.3) is 0 Å². The molecule has 2 rings (SSSR count). The van der Waals surface area contributed by atoms with E-state index in [-0.39, 0.29) is 11.9 Å². The van der Waals surface area contributed by atoms with Crippen molar-refractivity contribution in [3.05, 3.63) is 18.0 Å². The molecule has 0 aliphatic carbocycles. The number of aromatic nitrogens is 2. The summed E-state index contributed by atoms with van der Waals surface area (Å²) in [6.45, 7) is 9.41. The lowest BCUT2D eigenvalue weighted by molar-refractivity contribution is -0.137. The molecule has 3 atom stereocenters. The molecule has 0 radical (unpaired) electrons. The Hall–Kier alpha value is -1.40. The topological polar surface area (TPSA) is 44.6 Å². The van der Waals surface area contributed by atoms with Gasteiger partial charge in [-0.3, -0.25) is 19.3 Å². The van der Waals surface area contributed by atoms with Crippen LogP contribution in [0.15, 0.2) is 12.4 Å². The highest BCUT2D eigenvalue weighted by atomic mass is 16.2. The normalized spacial score (nSPS) is 22.8. The Morgan fingerprint density at radius 1 is 1.35 bits per heavy atom. The Labute approximate surface area is 159 Å². The van der Waals surface area contributed by atoms with Crippen molar-refractivity contribution in [2.24, 2.45) is 18.9 Å². The first kappa shape index (κ1) is 20.9. The van der Waals surface area contributed by atoms with Gasteiger partial charge in [0.2, 0.25) is 5.91 Å². The summed E-state index contributed by atoms with van der Waals surface area (Å²) in [6, 6.07) is 0.275. The minimum atomic E-state index is -0.0669. The summed E-state index contributed by atoms with van der Waals surface area (Å²) in [4.78, 5) is 19.6. The van der Waals surface area contributed by atoms with Crippen LogP contribution in [0.4, 0.5) is 0 Å². The lowest BCUT2D eigenvalue weighted by atomic mass is 9.85. The van der Waals surface area contributed by atoms with Crippen LogP contribution in [0.5, 0.6) is 0 Å². The molecule has 1 fully saturated rings. The van der Waals surface area contributed by atoms with Gasteiger partial charge in [-0.2, -0.15) is 5.10 Å². The SMILES string of the molecule is CCN1CCC[C@@H](CN(C)C(=O)[C@H](C(C)C)N(C)C)[C@@H]1c1cnn(C)c1. The molecule has 148 valence electrons. The third-order valence-electron chi connectivity index (χ3n) is 5.66. The smallest absolute Gasteiger partial charge is 0.239 e. The Bertz CT molecular complexity index is 575. The Kier molecular flexibility index (Phi) is 7.24. The third kappa shape index (κ3) is 4.65. The van der Waals surface area contributed by atoms with E-state index in [9.17, 15) is 4.79 Å². The molecule has 0 unspecified atom stereocenters. The van der Waals surface area contributed by atoms with Gasteiger partial charge in [0, 0.05) is 38.4 Å². The zero-order valence-corrected chi connectivity index (χ0v) is 17.6. The quantitative estimate of drug-likeness (QED) is 0.745. The third-order valence-corrected chi connectivity index (χ3v) is 5.66. The number of carbonyl (C=O) groups is 1. The predicted molar refractivity (Wildman–Crippen MR) is 106 cm³/mol. The zero-order chi connectivity index (χ0) is 19.4. The summed E-state index contributed by atoms with van der Waals surface area (Å²) < 4.78 is 1.88. The monoisotopic (exact) mass is 363 g/mol. The number of hydrogen-bond donors (Lipinski definition) is 0. The Morgan fingerprint density at radius 2 is 2.04 bits per heavy atom. The molecular weight excluding hydrogens is 326 g/mol. The second kappa shape index (κ2) is 9.00. The molecular formula is C20H37N5O. The summed E-state index contributed by atoms with van der Waals surface area (Å²) in [7, 11) is 7.92. The maximum atomic E-state index is 13.1. The average molecular weight is 364 g/mol. The Balaban J connectivity index is 2.17. The van der Waals surface area contributed by atoms with Crippen LogP contribution in [0.1, 0.15) is 45.2 Å². The van der Waals surface area contributed by atoms with E-state index in [2.05, 4.69) is 37.0 Å². The van der Waals surface area contributed by atoms with Crippen LogP contribution in [-0.4, -0.2) is 77.2 Å². The van der Waals surface area contributed by atoms with E-state index in [1.54, 1.807) is 0 Å². The van der Waals surface area contributed by atoms with Crippen LogP contribution in [0.2, 0.25) is 0 Å². The van der Waals surface area contributed by atoms with E-state index < -0.39 is 0 Å². The van der Waals surface area contributed by atoms with Crippen molar-refractivity contribution in [2.45, 2.75) is 45.7 Å². The number of amides is 1. The van der Waals surface area contributed by atoms with Gasteiger partial charge in [-0.05, 0) is 51.9 Å². The van der Waals surface area contributed by atoms with Crippen LogP contribution >= 0.6 is 0 Å². The highest BCUT2D eigenvalue weighted by Crippen LogP contribution is 2.36. The van der Waals surface area contributed by atoms with Gasteiger partial charge in [-0.25, -0.2) is 0 Å². The molecule has 0 saturated carbocycles. The number of nitrogens with zero attached hydrogens (tertiary/aromatic N) is 5. The molecule has 1 aliphatic rings. The first-order valence-electron chi connectivity index (χ1n) is 9.90. The number of piperidine rings is 1. The van der Waals surface area contributed by atoms with Crippen LogP contribution < -0.4 is 0 Å². The zero-order valence-electron chi connectivity index (χ0n) is 17.6. The van der Waals surface area contributed by atoms with E-state index in [4.69, 9.17) is 0 Å². The Morgan fingerprint density at radius 3 is 2.54 bits per heavy atom. The van der Waals surface area contributed by atoms with Crippen molar-refractivity contribution < 1.29 is 4.79 Å². The van der Waals surface area contributed by atoms with E-state index in [0.717, 1.165) is 26.1 Å². The number of hydrogen-bond acceptors (Lipinski definition) is 4. The maximum absolute atomic E-state index is 13.1. The summed E-state index contributed by atoms with van der Waals surface area (Å²) in [5, 5.41) is 4.39. The minimum absolute atomic E-state index is 0.0669. The molecule has 1 aromatic rings. The number of aryl methyl sites for hydroxylation is 1. The van der Waals surface area contributed by atoms with Gasteiger partial charge in [0.15, 0.2) is 0 Å². The highest BCUT2D eigenvalue weighted by molar-refractivity contribution is 5.81. The molecule has 26 heavy (non-hydrogen) atoms. The highest BCUT2D eigenvalue weighted by Gasteiger charge is 2.35. The molecule has 0 bridgehead atoms. The van der Waals surface area contributed by atoms with Crippen molar-refractivity contribution in [3.63, 3.8) is 0 Å². The summed E-state index contributed by atoms with van der Waals surface area (Å²) in [5.74, 6) is 0.966. The fourth-order valence-corrected chi connectivity index (χ4v) is 4.54. The molecule has 6 nitrogen and oxygen atoms in total. The lowest BCUT2D eigenvalue weighted by Gasteiger charge is -2.42. The summed E-state index contributed by atoms with van der Waals surface area (Å²) >= 11 is 0. The van der Waals surface area contributed by atoms with E-state index in [1.807, 2.05) is 48.9 Å². The minimum Gasteiger partial charge on any atom is -0.344 e. The van der Waals surface area contributed by atoms with Gasteiger partial charge in [-0.1, -0.05) is 20.8 Å². The van der Waals surface area contributed by atoms with Crippen molar-refractivity contribution in [1.82, 2.24) is 24.5 Å². The molecule has 1 aliphatic heterocycles.